The first-order valence-corrected chi connectivity index (χ1v) is 14.5. The molecule has 1 aliphatic heterocycles. The Balaban J connectivity index is 1.29. The molecule has 1 aromatic heterocycles. The topological polar surface area (TPSA) is 102 Å². The van der Waals surface area contributed by atoms with Crippen LogP contribution in [0.15, 0.2) is 86.8 Å². The van der Waals surface area contributed by atoms with Gasteiger partial charge in [0.1, 0.15) is 5.69 Å². The number of hydrazone groups is 1. The quantitative estimate of drug-likeness (QED) is 0.0825. The third kappa shape index (κ3) is 5.43. The number of fused-ring (bicyclic) bond motifs is 2. The van der Waals surface area contributed by atoms with Gasteiger partial charge >= 0.3 is 5.97 Å². The molecule has 0 bridgehead atoms. The lowest BCUT2D eigenvalue weighted by Crippen LogP contribution is -2.19. The van der Waals surface area contributed by atoms with Crippen LogP contribution in [-0.4, -0.2) is 29.9 Å². The van der Waals surface area contributed by atoms with Gasteiger partial charge in [-0.15, -0.1) is 0 Å². The lowest BCUT2D eigenvalue weighted by atomic mass is 9.99. The van der Waals surface area contributed by atoms with Gasteiger partial charge in [-0.3, -0.25) is 4.79 Å². The summed E-state index contributed by atoms with van der Waals surface area (Å²) >= 11 is 6.93. The minimum atomic E-state index is -0.591. The van der Waals surface area contributed by atoms with E-state index < -0.39 is 11.9 Å². The second-order valence-electron chi connectivity index (χ2n) is 9.71. The van der Waals surface area contributed by atoms with E-state index in [1.54, 1.807) is 30.3 Å². The fourth-order valence-corrected chi connectivity index (χ4v) is 6.24. The minimum Gasteiger partial charge on any atom is -0.454 e. The average Bonchev–Trinajstić information content (AvgIpc) is 3.59. The number of hydrogen-bond donors (Lipinski definition) is 2. The van der Waals surface area contributed by atoms with Crippen LogP contribution in [0.5, 0.6) is 17.2 Å². The van der Waals surface area contributed by atoms with E-state index in [1.807, 2.05) is 44.2 Å². The summed E-state index contributed by atoms with van der Waals surface area (Å²) in [6, 6.07) is 22.2. The minimum absolute atomic E-state index is 0.100. The second-order valence-corrected chi connectivity index (χ2v) is 11.5. The van der Waals surface area contributed by atoms with Gasteiger partial charge < -0.3 is 19.2 Å². The predicted octanol–water partition coefficient (Wildman–Crippen LogP) is 7.69. The first kappa shape index (κ1) is 27.7. The monoisotopic (exact) mass is 687 g/mol. The number of nitrogens with zero attached hydrogens (tertiary/aromatic N) is 1. The van der Waals surface area contributed by atoms with Crippen molar-refractivity contribution in [3.8, 4) is 28.4 Å². The molecule has 42 heavy (non-hydrogen) atoms. The lowest BCUT2D eigenvalue weighted by Gasteiger charge is -2.11. The number of aromatic amines is 1. The average molecular weight is 689 g/mol. The van der Waals surface area contributed by atoms with Crippen molar-refractivity contribution < 1.29 is 23.8 Å². The molecule has 6 rings (SSSR count). The number of carbonyl (C=O) groups is 2. The SMILES string of the molecule is Cc1cc(C)c2[nH]c(C(=O)NN=Cc3cc(Br)cc(Br)c3OC(=O)c3ccc4c(c3)OCO4)c(-c3ccccc3)c2c1. The van der Waals surface area contributed by atoms with Crippen molar-refractivity contribution in [1.82, 2.24) is 10.4 Å². The van der Waals surface area contributed by atoms with Crippen molar-refractivity contribution in [3.05, 3.63) is 110 Å². The van der Waals surface area contributed by atoms with E-state index in [9.17, 15) is 9.59 Å². The molecule has 1 aliphatic rings. The van der Waals surface area contributed by atoms with E-state index in [0.717, 1.165) is 37.6 Å². The molecule has 0 radical (unpaired) electrons. The van der Waals surface area contributed by atoms with Gasteiger partial charge in [0.25, 0.3) is 5.91 Å². The molecular formula is C32H23Br2N3O5. The molecule has 0 unspecified atom stereocenters. The number of aryl methyl sites for hydroxylation is 2. The molecule has 1 amide bonds. The molecule has 2 N–H and O–H groups in total. The highest BCUT2D eigenvalue weighted by Gasteiger charge is 2.22. The van der Waals surface area contributed by atoms with Crippen LogP contribution in [0.4, 0.5) is 0 Å². The van der Waals surface area contributed by atoms with E-state index in [1.165, 1.54) is 6.21 Å². The van der Waals surface area contributed by atoms with Gasteiger partial charge in [-0.25, -0.2) is 10.2 Å². The number of amides is 1. The molecule has 4 aromatic carbocycles. The number of nitrogens with one attached hydrogen (secondary N) is 2. The van der Waals surface area contributed by atoms with Crippen molar-refractivity contribution in [1.29, 1.82) is 0 Å². The number of H-pyrrole nitrogens is 1. The number of carbonyl (C=O) groups excluding carboxylic acids is 2. The summed E-state index contributed by atoms with van der Waals surface area (Å²) in [5.74, 6) is 0.273. The third-order valence-electron chi connectivity index (χ3n) is 6.75. The van der Waals surface area contributed by atoms with E-state index >= 15 is 0 Å². The lowest BCUT2D eigenvalue weighted by molar-refractivity contribution is 0.0732. The number of hydrogen-bond acceptors (Lipinski definition) is 6. The van der Waals surface area contributed by atoms with Crippen LogP contribution >= 0.6 is 31.9 Å². The standard InChI is InChI=1S/C32H23Br2N3O5/c1-17-10-18(2)28-23(11-17)27(19-6-4-3-5-7-19)29(36-28)31(38)37-35-15-21-12-22(33)14-24(34)30(21)42-32(39)20-8-9-25-26(13-20)41-16-40-25/h3-15,36H,16H2,1-2H3,(H,37,38). The van der Waals surface area contributed by atoms with Gasteiger partial charge in [0.2, 0.25) is 6.79 Å². The Labute approximate surface area is 257 Å². The first-order chi connectivity index (χ1) is 20.3. The van der Waals surface area contributed by atoms with Crippen LogP contribution in [0, 0.1) is 13.8 Å². The molecular weight excluding hydrogens is 666 g/mol. The molecule has 0 aliphatic carbocycles. The summed E-state index contributed by atoms with van der Waals surface area (Å²) in [5.41, 5.74) is 8.52. The van der Waals surface area contributed by atoms with E-state index in [2.05, 4.69) is 59.5 Å². The molecule has 210 valence electrons. The summed E-state index contributed by atoms with van der Waals surface area (Å²) in [4.78, 5) is 29.8. The summed E-state index contributed by atoms with van der Waals surface area (Å²) in [6.45, 7) is 4.15. The highest BCUT2D eigenvalue weighted by Crippen LogP contribution is 2.36. The largest absolute Gasteiger partial charge is 0.454 e. The molecule has 0 spiro atoms. The second kappa shape index (κ2) is 11.5. The Bertz CT molecular complexity index is 1900. The van der Waals surface area contributed by atoms with Crippen molar-refractivity contribution in [2.24, 2.45) is 5.10 Å². The predicted molar refractivity (Wildman–Crippen MR) is 168 cm³/mol. The van der Waals surface area contributed by atoms with Crippen LogP contribution in [0.25, 0.3) is 22.0 Å². The van der Waals surface area contributed by atoms with Crippen LogP contribution in [0.3, 0.4) is 0 Å². The van der Waals surface area contributed by atoms with Gasteiger partial charge in [-0.2, -0.15) is 5.10 Å². The zero-order valence-corrected chi connectivity index (χ0v) is 25.6. The van der Waals surface area contributed by atoms with Crippen molar-refractivity contribution in [3.63, 3.8) is 0 Å². The normalized spacial score (nSPS) is 12.2. The molecule has 0 atom stereocenters. The van der Waals surface area contributed by atoms with Crippen LogP contribution < -0.4 is 19.6 Å². The maximum absolute atomic E-state index is 13.5. The molecule has 2 heterocycles. The summed E-state index contributed by atoms with van der Waals surface area (Å²) in [7, 11) is 0. The summed E-state index contributed by atoms with van der Waals surface area (Å²) in [6.07, 6.45) is 1.43. The number of benzene rings is 4. The number of esters is 1. The molecule has 10 heteroatoms. The number of aromatic nitrogens is 1. The Kier molecular flexibility index (Phi) is 7.57. The maximum Gasteiger partial charge on any atom is 0.343 e. The third-order valence-corrected chi connectivity index (χ3v) is 7.80. The first-order valence-electron chi connectivity index (χ1n) is 12.9. The Morgan fingerprint density at radius 2 is 1.76 bits per heavy atom. The molecule has 0 saturated carbocycles. The van der Waals surface area contributed by atoms with E-state index in [-0.39, 0.29) is 12.5 Å². The van der Waals surface area contributed by atoms with Gasteiger partial charge in [0, 0.05) is 26.5 Å². The summed E-state index contributed by atoms with van der Waals surface area (Å²) < 4.78 is 17.7. The Morgan fingerprint density at radius 3 is 2.57 bits per heavy atom. The fraction of sp³-hybridized carbons (Fsp3) is 0.0938. The van der Waals surface area contributed by atoms with Gasteiger partial charge in [0.15, 0.2) is 17.2 Å². The molecule has 8 nitrogen and oxygen atoms in total. The Hall–Kier alpha value is -4.41. The molecule has 0 fully saturated rings. The van der Waals surface area contributed by atoms with E-state index in [0.29, 0.717) is 32.8 Å². The number of rotatable bonds is 6. The van der Waals surface area contributed by atoms with Crippen molar-refractivity contribution in [2.75, 3.05) is 6.79 Å². The highest BCUT2D eigenvalue weighted by atomic mass is 79.9. The van der Waals surface area contributed by atoms with Crippen LogP contribution in [0.2, 0.25) is 0 Å². The zero-order chi connectivity index (χ0) is 29.4. The van der Waals surface area contributed by atoms with Crippen molar-refractivity contribution in [2.45, 2.75) is 13.8 Å². The maximum atomic E-state index is 13.5. The van der Waals surface area contributed by atoms with Crippen LogP contribution in [0.1, 0.15) is 37.5 Å². The molecule has 5 aromatic rings. The summed E-state index contributed by atoms with van der Waals surface area (Å²) in [5, 5.41) is 5.18. The van der Waals surface area contributed by atoms with Crippen molar-refractivity contribution >= 4 is 60.9 Å². The van der Waals surface area contributed by atoms with Gasteiger partial charge in [0.05, 0.1) is 16.3 Å². The zero-order valence-electron chi connectivity index (χ0n) is 22.5. The smallest absolute Gasteiger partial charge is 0.343 e. The molecule has 0 saturated heterocycles. The number of halogens is 2. The van der Waals surface area contributed by atoms with Gasteiger partial charge in [-0.05, 0) is 77.3 Å². The van der Waals surface area contributed by atoms with Crippen LogP contribution in [-0.2, 0) is 0 Å². The van der Waals surface area contributed by atoms with Gasteiger partial charge in [-0.1, -0.05) is 57.9 Å². The highest BCUT2D eigenvalue weighted by molar-refractivity contribution is 9.11. The van der Waals surface area contributed by atoms with E-state index in [4.69, 9.17) is 14.2 Å². The Morgan fingerprint density at radius 1 is 0.976 bits per heavy atom. The number of ether oxygens (including phenoxy) is 3. The fourth-order valence-electron chi connectivity index (χ4n) is 4.90.